The highest BCUT2D eigenvalue weighted by atomic mass is 16.5. The Hall–Kier alpha value is -2.95. The third-order valence-corrected chi connectivity index (χ3v) is 5.64. The summed E-state index contributed by atoms with van der Waals surface area (Å²) in [5.74, 6) is 0.943. The molecule has 0 spiro atoms. The summed E-state index contributed by atoms with van der Waals surface area (Å²) in [5, 5.41) is 0. The van der Waals surface area contributed by atoms with E-state index in [0.717, 1.165) is 24.2 Å². The molecule has 0 radical (unpaired) electrons. The third-order valence-electron chi connectivity index (χ3n) is 5.64. The molecule has 1 aromatic rings. The molecule has 1 fully saturated rings. The minimum absolute atomic E-state index is 0.0121. The predicted octanol–water partition coefficient (Wildman–Crippen LogP) is 5.90. The number of aliphatic imine (C=N–C) groups is 1. The average molecular weight is 438 g/mol. The lowest BCUT2D eigenvalue weighted by molar-refractivity contribution is -0.127. The highest BCUT2D eigenvalue weighted by Crippen LogP contribution is 2.27. The van der Waals surface area contributed by atoms with Gasteiger partial charge >= 0.3 is 0 Å². The van der Waals surface area contributed by atoms with Crippen LogP contribution < -0.4 is 4.74 Å². The van der Waals surface area contributed by atoms with Gasteiger partial charge in [0.05, 0.1) is 17.6 Å². The van der Waals surface area contributed by atoms with E-state index in [1.165, 1.54) is 6.08 Å². The lowest BCUT2D eigenvalue weighted by Gasteiger charge is -2.33. The van der Waals surface area contributed by atoms with Crippen LogP contribution in [-0.4, -0.2) is 40.7 Å². The molecule has 5 nitrogen and oxygen atoms in total. The SMILES string of the molecule is C=CC(=O)N1CCC(C(=N/C=C\C)C(C)Oc2ccc(C(C)(C=C)C=C)nc2)CC1.CC. The number of aromatic nitrogens is 1. The van der Waals surface area contributed by atoms with E-state index < -0.39 is 0 Å². The molecule has 0 saturated carbocycles. The van der Waals surface area contributed by atoms with Gasteiger partial charge in [-0.15, -0.1) is 13.2 Å². The number of ether oxygens (including phenoxy) is 1. The summed E-state index contributed by atoms with van der Waals surface area (Å²) >= 11 is 0. The van der Waals surface area contributed by atoms with E-state index in [4.69, 9.17) is 4.74 Å². The predicted molar refractivity (Wildman–Crippen MR) is 135 cm³/mol. The Kier molecular flexibility index (Phi) is 11.4. The quantitative estimate of drug-likeness (QED) is 0.274. The highest BCUT2D eigenvalue weighted by Gasteiger charge is 2.28. The Bertz CT molecular complexity index is 808. The zero-order valence-corrected chi connectivity index (χ0v) is 20.4. The normalized spacial score (nSPS) is 16.0. The second-order valence-corrected chi connectivity index (χ2v) is 7.67. The Labute approximate surface area is 194 Å². The second-order valence-electron chi connectivity index (χ2n) is 7.67. The Balaban J connectivity index is 0.00000249. The maximum Gasteiger partial charge on any atom is 0.245 e. The number of hydrogen-bond acceptors (Lipinski definition) is 4. The number of carbonyl (C=O) groups excluding carboxylic acids is 1. The van der Waals surface area contributed by atoms with Crippen molar-refractivity contribution in [3.05, 3.63) is 74.3 Å². The average Bonchev–Trinajstić information content (AvgIpc) is 2.85. The first-order valence-electron chi connectivity index (χ1n) is 11.4. The minimum Gasteiger partial charge on any atom is -0.483 e. The summed E-state index contributed by atoms with van der Waals surface area (Å²) in [5.41, 5.74) is 1.49. The van der Waals surface area contributed by atoms with Crippen LogP contribution in [0.15, 0.2) is 73.6 Å². The molecule has 1 atom stereocenters. The van der Waals surface area contributed by atoms with Gasteiger partial charge in [0.15, 0.2) is 0 Å². The first-order chi connectivity index (χ1) is 15.4. The van der Waals surface area contributed by atoms with Gasteiger partial charge in [-0.25, -0.2) is 0 Å². The summed E-state index contributed by atoms with van der Waals surface area (Å²) in [6.07, 6.45) is 12.0. The summed E-state index contributed by atoms with van der Waals surface area (Å²) in [6.45, 7) is 22.7. The fourth-order valence-electron chi connectivity index (χ4n) is 3.55. The molecule has 2 heterocycles. The minimum atomic E-state index is -0.375. The molecule has 1 aliphatic heterocycles. The summed E-state index contributed by atoms with van der Waals surface area (Å²) < 4.78 is 6.18. The third kappa shape index (κ3) is 7.04. The van der Waals surface area contributed by atoms with Gasteiger partial charge in [-0.1, -0.05) is 38.7 Å². The topological polar surface area (TPSA) is 54.8 Å². The fourth-order valence-corrected chi connectivity index (χ4v) is 3.55. The maximum absolute atomic E-state index is 11.9. The van der Waals surface area contributed by atoms with E-state index in [2.05, 4.69) is 29.7 Å². The van der Waals surface area contributed by atoms with E-state index in [1.54, 1.807) is 12.4 Å². The van der Waals surface area contributed by atoms with Crippen LogP contribution in [0.3, 0.4) is 0 Å². The summed E-state index contributed by atoms with van der Waals surface area (Å²) in [6, 6.07) is 3.86. The van der Waals surface area contributed by atoms with E-state index in [0.29, 0.717) is 18.8 Å². The fraction of sp³-hybridized carbons (Fsp3) is 0.444. The molecule has 0 bridgehead atoms. The van der Waals surface area contributed by atoms with Gasteiger partial charge in [0, 0.05) is 30.6 Å². The van der Waals surface area contributed by atoms with Crippen LogP contribution in [0.2, 0.25) is 0 Å². The van der Waals surface area contributed by atoms with Gasteiger partial charge in [-0.3, -0.25) is 14.8 Å². The molecule has 1 saturated heterocycles. The molecule has 5 heteroatoms. The van der Waals surface area contributed by atoms with Crippen LogP contribution in [0.5, 0.6) is 5.75 Å². The van der Waals surface area contributed by atoms with Crippen molar-refractivity contribution < 1.29 is 9.53 Å². The number of hydrogen-bond donors (Lipinski definition) is 0. The number of pyridine rings is 1. The maximum atomic E-state index is 11.9. The molecule has 0 N–H and O–H groups in total. The molecule has 1 aliphatic rings. The van der Waals surface area contributed by atoms with Crippen molar-refractivity contribution in [3.63, 3.8) is 0 Å². The Morgan fingerprint density at radius 2 is 1.88 bits per heavy atom. The molecule has 1 aromatic heterocycles. The van der Waals surface area contributed by atoms with Crippen molar-refractivity contribution >= 4 is 11.6 Å². The molecule has 0 aliphatic carbocycles. The van der Waals surface area contributed by atoms with E-state index in [-0.39, 0.29) is 23.3 Å². The van der Waals surface area contributed by atoms with Crippen molar-refractivity contribution in [1.29, 1.82) is 0 Å². The molecule has 1 amide bonds. The molecule has 2 rings (SSSR count). The molecule has 1 unspecified atom stereocenters. The van der Waals surface area contributed by atoms with Crippen molar-refractivity contribution in [2.75, 3.05) is 13.1 Å². The van der Waals surface area contributed by atoms with Gasteiger partial charge in [0.25, 0.3) is 0 Å². The zero-order valence-electron chi connectivity index (χ0n) is 20.4. The monoisotopic (exact) mass is 437 g/mol. The van der Waals surface area contributed by atoms with E-state index in [1.807, 2.05) is 69.9 Å². The number of amides is 1. The van der Waals surface area contributed by atoms with Crippen LogP contribution in [0.4, 0.5) is 0 Å². The Morgan fingerprint density at radius 1 is 1.25 bits per heavy atom. The van der Waals surface area contributed by atoms with Crippen LogP contribution in [0, 0.1) is 5.92 Å². The molecule has 32 heavy (non-hydrogen) atoms. The molecule has 0 aromatic carbocycles. The number of likely N-dealkylation sites (tertiary alicyclic amines) is 1. The lowest BCUT2D eigenvalue weighted by atomic mass is 9.87. The number of allylic oxidation sites excluding steroid dienone is 3. The molecule has 174 valence electrons. The summed E-state index contributed by atoms with van der Waals surface area (Å²) in [4.78, 5) is 22.9. The van der Waals surface area contributed by atoms with Gasteiger partial charge in [-0.2, -0.15) is 0 Å². The van der Waals surface area contributed by atoms with Gasteiger partial charge in [0.2, 0.25) is 5.91 Å². The van der Waals surface area contributed by atoms with Gasteiger partial charge in [0.1, 0.15) is 11.9 Å². The number of rotatable bonds is 9. The van der Waals surface area contributed by atoms with Crippen LogP contribution >= 0.6 is 0 Å². The largest absolute Gasteiger partial charge is 0.483 e. The summed E-state index contributed by atoms with van der Waals surface area (Å²) in [7, 11) is 0. The van der Waals surface area contributed by atoms with Crippen LogP contribution in [-0.2, 0) is 10.2 Å². The molecular weight excluding hydrogens is 398 g/mol. The van der Waals surface area contributed by atoms with E-state index in [9.17, 15) is 4.79 Å². The van der Waals surface area contributed by atoms with Gasteiger partial charge in [-0.05, 0) is 51.8 Å². The first-order valence-corrected chi connectivity index (χ1v) is 11.4. The number of carbonyl (C=O) groups is 1. The van der Waals surface area contributed by atoms with Crippen LogP contribution in [0.25, 0.3) is 0 Å². The number of piperidine rings is 1. The van der Waals surface area contributed by atoms with Crippen LogP contribution in [0.1, 0.15) is 53.2 Å². The van der Waals surface area contributed by atoms with Gasteiger partial charge < -0.3 is 9.64 Å². The van der Waals surface area contributed by atoms with Crippen molar-refractivity contribution in [1.82, 2.24) is 9.88 Å². The van der Waals surface area contributed by atoms with Crippen molar-refractivity contribution in [2.45, 2.75) is 59.0 Å². The van der Waals surface area contributed by atoms with E-state index >= 15 is 0 Å². The van der Waals surface area contributed by atoms with Crippen molar-refractivity contribution in [2.24, 2.45) is 10.9 Å². The zero-order chi connectivity index (χ0) is 24.1. The Morgan fingerprint density at radius 3 is 2.34 bits per heavy atom. The highest BCUT2D eigenvalue weighted by molar-refractivity contribution is 5.92. The molecular formula is C27H39N3O2. The smallest absolute Gasteiger partial charge is 0.245 e. The first kappa shape index (κ1) is 27.1. The lowest BCUT2D eigenvalue weighted by Crippen LogP contribution is -2.42. The standard InChI is InChI=1S/C25H33N3O2.C2H6/c1-7-15-26-24(20-13-16-28(17-14-20)23(29)8-2)19(5)30-21-11-12-22(27-18-21)25(6,9-3)10-4;1-2/h7-12,15,18-20H,2-4,13-14,16-17H2,1,5-6H3;1-2H3/b15-7-,26-24?;. The number of nitrogens with zero attached hydrogens (tertiary/aromatic N) is 3. The van der Waals surface area contributed by atoms with Crippen molar-refractivity contribution in [3.8, 4) is 5.75 Å². The second kappa shape index (κ2) is 13.5.